The van der Waals surface area contributed by atoms with Crippen LogP contribution in [0.1, 0.15) is 11.6 Å². The molecule has 0 fully saturated rings. The van der Waals surface area contributed by atoms with E-state index in [1.54, 1.807) is 0 Å². The Labute approximate surface area is 128 Å². The smallest absolute Gasteiger partial charge is 0.0755 e. The molecule has 1 unspecified atom stereocenters. The Bertz CT molecular complexity index is 735. The second-order valence-corrected chi connectivity index (χ2v) is 5.30. The van der Waals surface area contributed by atoms with Crippen LogP contribution in [-0.4, -0.2) is 11.5 Å². The molecule has 1 heterocycles. The van der Waals surface area contributed by atoms with Gasteiger partial charge in [0.05, 0.1) is 11.6 Å². The molecule has 1 atom stereocenters. The molecule has 1 aromatic heterocycles. The molecule has 106 valence electrons. The predicted octanol–water partition coefficient (Wildman–Crippen LogP) is 4.00. The van der Waals surface area contributed by atoms with Crippen molar-refractivity contribution in [1.29, 1.82) is 0 Å². The van der Waals surface area contributed by atoms with E-state index in [2.05, 4.69) is 28.5 Å². The van der Waals surface area contributed by atoms with Gasteiger partial charge in [-0.1, -0.05) is 35.9 Å². The number of nitrogens with one attached hydrogen (secondary N) is 1. The first-order valence-electron chi connectivity index (χ1n) is 6.84. The van der Waals surface area contributed by atoms with Crippen molar-refractivity contribution < 1.29 is 0 Å². The third-order valence-electron chi connectivity index (χ3n) is 3.46. The molecule has 21 heavy (non-hydrogen) atoms. The fourth-order valence-electron chi connectivity index (χ4n) is 2.42. The Hall–Kier alpha value is -2.10. The maximum Gasteiger partial charge on any atom is 0.0755 e. The lowest BCUT2D eigenvalue weighted by atomic mass is 10.0. The molecular weight excluding hydrogens is 282 g/mol. The standard InChI is InChI=1S/C17H16ClN3/c18-13-6-8-14(9-7-13)21-16(11-19)15-5-1-3-12-4-2-10-20-17(12)15/h1-10,16,21H,11,19H2. The van der Waals surface area contributed by atoms with Crippen molar-refractivity contribution in [3.05, 3.63) is 71.4 Å². The highest BCUT2D eigenvalue weighted by Crippen LogP contribution is 2.25. The summed E-state index contributed by atoms with van der Waals surface area (Å²) >= 11 is 5.91. The number of fused-ring (bicyclic) bond motifs is 1. The van der Waals surface area contributed by atoms with Crippen molar-refractivity contribution in [2.45, 2.75) is 6.04 Å². The first-order valence-corrected chi connectivity index (χ1v) is 7.21. The van der Waals surface area contributed by atoms with Crippen LogP contribution in [0.5, 0.6) is 0 Å². The highest BCUT2D eigenvalue weighted by Gasteiger charge is 2.13. The van der Waals surface area contributed by atoms with Gasteiger partial charge in [0.25, 0.3) is 0 Å². The Morgan fingerprint density at radius 3 is 2.57 bits per heavy atom. The molecule has 3 nitrogen and oxygen atoms in total. The van der Waals surface area contributed by atoms with Gasteiger partial charge in [-0.2, -0.15) is 0 Å². The van der Waals surface area contributed by atoms with Crippen LogP contribution in [0.2, 0.25) is 5.02 Å². The second kappa shape index (κ2) is 6.12. The number of nitrogens with zero attached hydrogens (tertiary/aromatic N) is 1. The molecule has 0 radical (unpaired) electrons. The van der Waals surface area contributed by atoms with Gasteiger partial charge in [0.2, 0.25) is 0 Å². The molecule has 2 aromatic carbocycles. The zero-order valence-corrected chi connectivity index (χ0v) is 12.2. The summed E-state index contributed by atoms with van der Waals surface area (Å²) in [6, 6.07) is 17.8. The number of aromatic nitrogens is 1. The Balaban J connectivity index is 1.96. The number of hydrogen-bond donors (Lipinski definition) is 2. The molecule has 0 aliphatic carbocycles. The van der Waals surface area contributed by atoms with Gasteiger partial charge >= 0.3 is 0 Å². The third kappa shape index (κ3) is 2.99. The first-order chi connectivity index (χ1) is 10.3. The van der Waals surface area contributed by atoms with Crippen LogP contribution < -0.4 is 11.1 Å². The fraction of sp³-hybridized carbons (Fsp3) is 0.118. The molecule has 0 aliphatic heterocycles. The molecule has 0 saturated heterocycles. The van der Waals surface area contributed by atoms with Crippen LogP contribution in [0.15, 0.2) is 60.8 Å². The van der Waals surface area contributed by atoms with Gasteiger partial charge in [0, 0.05) is 34.4 Å². The van der Waals surface area contributed by atoms with Crippen LogP contribution in [0.25, 0.3) is 10.9 Å². The first kappa shape index (κ1) is 13.9. The van der Waals surface area contributed by atoms with E-state index in [-0.39, 0.29) is 6.04 Å². The number of para-hydroxylation sites is 1. The van der Waals surface area contributed by atoms with Gasteiger partial charge in [-0.15, -0.1) is 0 Å². The van der Waals surface area contributed by atoms with Crippen molar-refractivity contribution in [3.8, 4) is 0 Å². The predicted molar refractivity (Wildman–Crippen MR) is 88.6 cm³/mol. The molecule has 3 N–H and O–H groups in total. The van der Waals surface area contributed by atoms with Gasteiger partial charge in [0.15, 0.2) is 0 Å². The van der Waals surface area contributed by atoms with E-state index in [1.165, 1.54) is 0 Å². The summed E-state index contributed by atoms with van der Waals surface area (Å²) in [4.78, 5) is 4.49. The normalized spacial score (nSPS) is 12.3. The molecule has 0 aliphatic rings. The summed E-state index contributed by atoms with van der Waals surface area (Å²) in [5, 5.41) is 5.28. The average Bonchev–Trinajstić information content (AvgIpc) is 2.54. The van der Waals surface area contributed by atoms with Gasteiger partial charge in [-0.25, -0.2) is 0 Å². The third-order valence-corrected chi connectivity index (χ3v) is 3.71. The molecule has 0 saturated carbocycles. The number of anilines is 1. The van der Waals surface area contributed by atoms with Gasteiger partial charge in [-0.3, -0.25) is 4.98 Å². The summed E-state index contributed by atoms with van der Waals surface area (Å²) in [6.07, 6.45) is 1.81. The largest absolute Gasteiger partial charge is 0.377 e. The lowest BCUT2D eigenvalue weighted by Gasteiger charge is -2.20. The minimum atomic E-state index is 0.00442. The molecule has 3 rings (SSSR count). The summed E-state index contributed by atoms with van der Waals surface area (Å²) in [7, 11) is 0. The van der Waals surface area contributed by atoms with E-state index >= 15 is 0 Å². The number of hydrogen-bond acceptors (Lipinski definition) is 3. The molecule has 0 bridgehead atoms. The van der Waals surface area contributed by atoms with Crippen LogP contribution in [0.3, 0.4) is 0 Å². The summed E-state index contributed by atoms with van der Waals surface area (Å²) in [6.45, 7) is 0.484. The summed E-state index contributed by atoms with van der Waals surface area (Å²) < 4.78 is 0. The van der Waals surface area contributed by atoms with Crippen molar-refractivity contribution in [1.82, 2.24) is 4.98 Å². The van der Waals surface area contributed by atoms with Crippen molar-refractivity contribution in [2.75, 3.05) is 11.9 Å². The number of pyridine rings is 1. The molecule has 0 amide bonds. The summed E-state index contributed by atoms with van der Waals surface area (Å²) in [5.74, 6) is 0. The Kier molecular flexibility index (Phi) is 4.04. The number of nitrogens with two attached hydrogens (primary N) is 1. The van der Waals surface area contributed by atoms with Crippen LogP contribution in [-0.2, 0) is 0 Å². The average molecular weight is 298 g/mol. The maximum absolute atomic E-state index is 5.96. The Morgan fingerprint density at radius 1 is 1.05 bits per heavy atom. The number of halogens is 1. The van der Waals surface area contributed by atoms with Gasteiger partial charge < -0.3 is 11.1 Å². The van der Waals surface area contributed by atoms with E-state index in [4.69, 9.17) is 17.3 Å². The zero-order chi connectivity index (χ0) is 14.7. The SMILES string of the molecule is NCC(Nc1ccc(Cl)cc1)c1cccc2cccnc12. The molecule has 0 spiro atoms. The molecule has 4 heteroatoms. The maximum atomic E-state index is 5.96. The highest BCUT2D eigenvalue weighted by atomic mass is 35.5. The van der Waals surface area contributed by atoms with Crippen LogP contribution >= 0.6 is 11.6 Å². The highest BCUT2D eigenvalue weighted by molar-refractivity contribution is 6.30. The quantitative estimate of drug-likeness (QED) is 0.765. The van der Waals surface area contributed by atoms with E-state index in [9.17, 15) is 0 Å². The molecular formula is C17H16ClN3. The van der Waals surface area contributed by atoms with Crippen LogP contribution in [0.4, 0.5) is 5.69 Å². The number of benzene rings is 2. The lowest BCUT2D eigenvalue weighted by molar-refractivity contribution is 0.794. The zero-order valence-electron chi connectivity index (χ0n) is 11.5. The van der Waals surface area contributed by atoms with E-state index in [0.717, 1.165) is 27.2 Å². The van der Waals surface area contributed by atoms with Crippen molar-refractivity contribution in [3.63, 3.8) is 0 Å². The van der Waals surface area contributed by atoms with Gasteiger partial charge in [-0.05, 0) is 30.3 Å². The number of rotatable bonds is 4. The minimum absolute atomic E-state index is 0.00442. The second-order valence-electron chi connectivity index (χ2n) is 4.86. The van der Waals surface area contributed by atoms with Gasteiger partial charge in [0.1, 0.15) is 0 Å². The Morgan fingerprint density at radius 2 is 1.81 bits per heavy atom. The summed E-state index contributed by atoms with van der Waals surface area (Å²) in [5.41, 5.74) is 9.03. The fourth-order valence-corrected chi connectivity index (χ4v) is 2.55. The van der Waals surface area contributed by atoms with E-state index in [0.29, 0.717) is 6.54 Å². The van der Waals surface area contributed by atoms with Crippen LogP contribution in [0, 0.1) is 0 Å². The lowest BCUT2D eigenvalue weighted by Crippen LogP contribution is -2.21. The van der Waals surface area contributed by atoms with Crippen molar-refractivity contribution >= 4 is 28.2 Å². The topological polar surface area (TPSA) is 50.9 Å². The molecule has 3 aromatic rings. The monoisotopic (exact) mass is 297 g/mol. The van der Waals surface area contributed by atoms with Crippen molar-refractivity contribution in [2.24, 2.45) is 5.73 Å². The van der Waals surface area contributed by atoms with E-state index < -0.39 is 0 Å². The minimum Gasteiger partial charge on any atom is -0.377 e. The van der Waals surface area contributed by atoms with E-state index in [1.807, 2.05) is 42.6 Å².